The van der Waals surface area contributed by atoms with E-state index in [1.165, 1.54) is 12.5 Å². The number of hydrogen-bond acceptors (Lipinski definition) is 6. The Morgan fingerprint density at radius 2 is 2.22 bits per heavy atom. The van der Waals surface area contributed by atoms with Gasteiger partial charge >= 0.3 is 0 Å². The molecule has 4 heterocycles. The zero-order chi connectivity index (χ0) is 18.5. The fraction of sp³-hybridized carbons (Fsp3) is 0.550. The van der Waals surface area contributed by atoms with Crippen LogP contribution >= 0.6 is 0 Å². The number of piperidine rings is 1. The second kappa shape index (κ2) is 8.19. The van der Waals surface area contributed by atoms with Crippen molar-refractivity contribution in [3.63, 3.8) is 0 Å². The summed E-state index contributed by atoms with van der Waals surface area (Å²) in [5, 5.41) is 3.62. The first-order chi connectivity index (χ1) is 13.3. The molecular weight excluding hydrogens is 346 g/mol. The Kier molecular flexibility index (Phi) is 5.50. The molecule has 7 heteroatoms. The first kappa shape index (κ1) is 18.1. The molecule has 2 aromatic heterocycles. The van der Waals surface area contributed by atoms with Gasteiger partial charge in [0, 0.05) is 32.5 Å². The van der Waals surface area contributed by atoms with Gasteiger partial charge in [0.1, 0.15) is 6.26 Å². The minimum atomic E-state index is -0.111. The van der Waals surface area contributed by atoms with Crippen LogP contribution in [0.3, 0.4) is 0 Å². The van der Waals surface area contributed by atoms with Gasteiger partial charge < -0.3 is 18.9 Å². The maximum absolute atomic E-state index is 12.5. The molecule has 0 unspecified atom stereocenters. The van der Waals surface area contributed by atoms with Gasteiger partial charge in [-0.1, -0.05) is 11.2 Å². The summed E-state index contributed by atoms with van der Waals surface area (Å²) in [6.07, 6.45) is 8.44. The lowest BCUT2D eigenvalue weighted by Gasteiger charge is -2.42. The molecule has 0 N–H and O–H groups in total. The Labute approximate surface area is 158 Å². The van der Waals surface area contributed by atoms with Gasteiger partial charge in [0.15, 0.2) is 0 Å². The maximum atomic E-state index is 12.5. The first-order valence-electron chi connectivity index (χ1n) is 9.57. The number of amides is 1. The maximum Gasteiger partial charge on any atom is 0.258 e. The van der Waals surface area contributed by atoms with E-state index in [9.17, 15) is 4.79 Å². The van der Waals surface area contributed by atoms with Crippen LogP contribution in [0.5, 0.6) is 0 Å². The van der Waals surface area contributed by atoms with Crippen molar-refractivity contribution in [2.75, 3.05) is 26.3 Å². The van der Waals surface area contributed by atoms with Crippen LogP contribution in [-0.2, 0) is 16.1 Å². The Bertz CT molecular complexity index is 727. The predicted molar refractivity (Wildman–Crippen MR) is 96.9 cm³/mol. The van der Waals surface area contributed by atoms with Crippen molar-refractivity contribution in [2.24, 2.45) is 5.92 Å². The molecule has 0 bridgehead atoms. The normalized spacial score (nSPS) is 21.6. The van der Waals surface area contributed by atoms with Crippen molar-refractivity contribution in [1.29, 1.82) is 0 Å². The van der Waals surface area contributed by atoms with E-state index in [-0.39, 0.29) is 11.5 Å². The molecule has 2 fully saturated rings. The molecule has 1 atom stereocenters. The zero-order valence-corrected chi connectivity index (χ0v) is 15.4. The Morgan fingerprint density at radius 3 is 2.96 bits per heavy atom. The van der Waals surface area contributed by atoms with Crippen molar-refractivity contribution in [2.45, 2.75) is 37.9 Å². The second-order valence-corrected chi connectivity index (χ2v) is 7.27. The quantitative estimate of drug-likeness (QED) is 0.727. The molecule has 0 aliphatic carbocycles. The van der Waals surface area contributed by atoms with Crippen molar-refractivity contribution < 1.29 is 18.8 Å². The lowest BCUT2D eigenvalue weighted by Crippen LogP contribution is -2.49. The number of carbonyl (C=O) groups excluding carboxylic acids is 1. The van der Waals surface area contributed by atoms with Crippen LogP contribution < -0.4 is 0 Å². The summed E-state index contributed by atoms with van der Waals surface area (Å²) in [4.78, 5) is 18.6. The lowest BCUT2D eigenvalue weighted by molar-refractivity contribution is -0.0675. The third-order valence-electron chi connectivity index (χ3n) is 5.76. The van der Waals surface area contributed by atoms with Crippen LogP contribution in [0, 0.1) is 5.92 Å². The Hall–Kier alpha value is -2.25. The number of nitrogens with zero attached hydrogens (tertiary/aromatic N) is 3. The highest BCUT2D eigenvalue weighted by Crippen LogP contribution is 2.42. The van der Waals surface area contributed by atoms with Gasteiger partial charge in [-0.25, -0.2) is 0 Å². The molecule has 0 aromatic carbocycles. The number of carbonyl (C=O) groups is 1. The first-order valence-corrected chi connectivity index (χ1v) is 9.57. The summed E-state index contributed by atoms with van der Waals surface area (Å²) in [6.45, 7) is 3.45. The molecule has 1 amide bonds. The van der Waals surface area contributed by atoms with E-state index >= 15 is 0 Å². The Morgan fingerprint density at radius 1 is 1.33 bits per heavy atom. The minimum absolute atomic E-state index is 0.0145. The van der Waals surface area contributed by atoms with Crippen LogP contribution in [0.2, 0.25) is 0 Å². The highest BCUT2D eigenvalue weighted by atomic mass is 16.5. The van der Waals surface area contributed by atoms with Crippen LogP contribution in [0.4, 0.5) is 0 Å². The summed E-state index contributed by atoms with van der Waals surface area (Å²) >= 11 is 0. The number of likely N-dealkylation sites (tertiary alicyclic amines) is 1. The summed E-state index contributed by atoms with van der Waals surface area (Å²) in [5.41, 5.74) is 1.35. The van der Waals surface area contributed by atoms with E-state index in [0.29, 0.717) is 37.8 Å². The third-order valence-corrected chi connectivity index (χ3v) is 5.76. The molecular formula is C20H25N3O4. The lowest BCUT2D eigenvalue weighted by atomic mass is 9.78. The van der Waals surface area contributed by atoms with Crippen molar-refractivity contribution in [3.8, 4) is 0 Å². The van der Waals surface area contributed by atoms with Gasteiger partial charge in [0.05, 0.1) is 29.7 Å². The monoisotopic (exact) mass is 371 g/mol. The molecule has 2 saturated heterocycles. The van der Waals surface area contributed by atoms with Gasteiger partial charge in [-0.2, -0.15) is 0 Å². The number of rotatable bonds is 6. The van der Waals surface area contributed by atoms with Crippen molar-refractivity contribution >= 4 is 5.91 Å². The summed E-state index contributed by atoms with van der Waals surface area (Å²) in [5.74, 6) is 0.466. The topological polar surface area (TPSA) is 77.7 Å². The molecule has 0 saturated carbocycles. The molecule has 2 aliphatic rings. The molecule has 0 radical (unpaired) electrons. The summed E-state index contributed by atoms with van der Waals surface area (Å²) in [6, 6.07) is 5.85. The molecule has 2 aliphatic heterocycles. The van der Waals surface area contributed by atoms with E-state index in [2.05, 4.69) is 10.1 Å². The van der Waals surface area contributed by atoms with Gasteiger partial charge in [-0.05, 0) is 43.7 Å². The fourth-order valence-corrected chi connectivity index (χ4v) is 4.21. The van der Waals surface area contributed by atoms with E-state index < -0.39 is 0 Å². The van der Waals surface area contributed by atoms with Gasteiger partial charge in [-0.3, -0.25) is 9.78 Å². The van der Waals surface area contributed by atoms with E-state index in [0.717, 1.165) is 38.0 Å². The summed E-state index contributed by atoms with van der Waals surface area (Å²) in [7, 11) is 0. The van der Waals surface area contributed by atoms with Gasteiger partial charge in [-0.15, -0.1) is 0 Å². The predicted octanol–water partition coefficient (Wildman–Crippen LogP) is 2.69. The average Bonchev–Trinajstić information content (AvgIpc) is 3.37. The van der Waals surface area contributed by atoms with E-state index in [1.54, 1.807) is 6.20 Å². The third kappa shape index (κ3) is 4.04. The van der Waals surface area contributed by atoms with Crippen LogP contribution in [0.1, 0.15) is 41.7 Å². The molecule has 27 heavy (non-hydrogen) atoms. The molecule has 7 nitrogen and oxygen atoms in total. The van der Waals surface area contributed by atoms with Crippen LogP contribution in [-0.4, -0.2) is 52.9 Å². The van der Waals surface area contributed by atoms with E-state index in [1.807, 2.05) is 23.1 Å². The number of pyridine rings is 1. The highest BCUT2D eigenvalue weighted by Gasteiger charge is 2.46. The van der Waals surface area contributed by atoms with Crippen molar-refractivity contribution in [1.82, 2.24) is 15.0 Å². The summed E-state index contributed by atoms with van der Waals surface area (Å²) < 4.78 is 16.8. The zero-order valence-electron chi connectivity index (χ0n) is 15.4. The van der Waals surface area contributed by atoms with E-state index in [4.69, 9.17) is 14.0 Å². The standard InChI is InChI=1S/C20H25N3O4/c24-19(16-13-22-27-14-16)23-9-6-20(7-10-23)17(5-12-26-20)4-11-25-15-18-3-1-2-8-21-18/h1-3,8,13-14,17H,4-7,9-12,15H2/t17-/m0/s1. The van der Waals surface area contributed by atoms with Crippen molar-refractivity contribution in [3.05, 3.63) is 48.1 Å². The van der Waals surface area contributed by atoms with Gasteiger partial charge in [0.2, 0.25) is 0 Å². The number of hydrogen-bond donors (Lipinski definition) is 0. The SMILES string of the molecule is O=C(c1cnoc1)N1CCC2(CC1)OCC[C@@H]2CCOCc1ccccn1. The number of aromatic nitrogens is 2. The molecule has 144 valence electrons. The second-order valence-electron chi connectivity index (χ2n) is 7.27. The molecule has 1 spiro atoms. The van der Waals surface area contributed by atoms with Crippen LogP contribution in [0.15, 0.2) is 41.4 Å². The average molecular weight is 371 g/mol. The smallest absolute Gasteiger partial charge is 0.258 e. The number of ether oxygens (including phenoxy) is 2. The molecule has 2 aromatic rings. The molecule has 4 rings (SSSR count). The highest BCUT2D eigenvalue weighted by molar-refractivity contribution is 5.93. The fourth-order valence-electron chi connectivity index (χ4n) is 4.21. The largest absolute Gasteiger partial charge is 0.375 e. The Balaban J connectivity index is 1.26. The van der Waals surface area contributed by atoms with Gasteiger partial charge in [0.25, 0.3) is 5.91 Å². The van der Waals surface area contributed by atoms with Crippen LogP contribution in [0.25, 0.3) is 0 Å². The minimum Gasteiger partial charge on any atom is -0.375 e.